The van der Waals surface area contributed by atoms with Crippen molar-refractivity contribution in [3.8, 4) is 5.75 Å². The van der Waals surface area contributed by atoms with Gasteiger partial charge in [-0.15, -0.1) is 0 Å². The van der Waals surface area contributed by atoms with E-state index in [0.717, 1.165) is 0 Å². The number of carbonyl (C=O) groups is 1. The maximum Gasteiger partial charge on any atom is 0.271 e. The van der Waals surface area contributed by atoms with Crippen molar-refractivity contribution in [3.05, 3.63) is 28.3 Å². The van der Waals surface area contributed by atoms with Gasteiger partial charge in [-0.25, -0.2) is 0 Å². The Hall–Kier alpha value is -2.15. The number of rotatable bonds is 4. The fraction of sp³-hybridized carbons (Fsp3) is 0.364. The van der Waals surface area contributed by atoms with Gasteiger partial charge in [-0.05, 0) is 6.07 Å². The van der Waals surface area contributed by atoms with Crippen LogP contribution in [0.5, 0.6) is 5.75 Å². The van der Waals surface area contributed by atoms with Crippen LogP contribution in [0, 0.1) is 16.0 Å². The molecule has 0 saturated carbocycles. The van der Waals surface area contributed by atoms with Crippen molar-refractivity contribution in [3.63, 3.8) is 0 Å². The van der Waals surface area contributed by atoms with Crippen LogP contribution in [0.1, 0.15) is 0 Å². The third-order valence-electron chi connectivity index (χ3n) is 2.80. The maximum absolute atomic E-state index is 11.8. The van der Waals surface area contributed by atoms with Crippen molar-refractivity contribution in [1.82, 2.24) is 5.32 Å². The van der Waals surface area contributed by atoms with Gasteiger partial charge in [-0.3, -0.25) is 14.9 Å². The minimum Gasteiger partial charge on any atom is -0.495 e. The summed E-state index contributed by atoms with van der Waals surface area (Å²) in [6, 6.07) is 4.09. The van der Waals surface area contributed by atoms with Crippen LogP contribution in [-0.2, 0) is 4.79 Å². The van der Waals surface area contributed by atoms with Crippen molar-refractivity contribution >= 4 is 17.3 Å². The van der Waals surface area contributed by atoms with E-state index in [1.54, 1.807) is 0 Å². The normalized spacial score (nSPS) is 14.7. The fourth-order valence-electron chi connectivity index (χ4n) is 1.62. The summed E-state index contributed by atoms with van der Waals surface area (Å²) in [7, 11) is 1.45. The Balaban J connectivity index is 2.20. The smallest absolute Gasteiger partial charge is 0.271 e. The summed E-state index contributed by atoms with van der Waals surface area (Å²) in [6.07, 6.45) is 0. The molecule has 1 amide bonds. The van der Waals surface area contributed by atoms with Crippen LogP contribution in [0.3, 0.4) is 0 Å². The first-order valence-corrected chi connectivity index (χ1v) is 5.46. The predicted octanol–water partition coefficient (Wildman–Crippen LogP) is 0.761. The van der Waals surface area contributed by atoms with Gasteiger partial charge in [0.15, 0.2) is 0 Å². The topological polar surface area (TPSA) is 93.5 Å². The molecule has 0 aliphatic carbocycles. The lowest BCUT2D eigenvalue weighted by Gasteiger charge is -2.26. The Kier molecular flexibility index (Phi) is 3.42. The Morgan fingerprint density at radius 2 is 2.28 bits per heavy atom. The maximum atomic E-state index is 11.8. The van der Waals surface area contributed by atoms with E-state index in [4.69, 9.17) is 4.74 Å². The molecule has 0 atom stereocenters. The van der Waals surface area contributed by atoms with Crippen LogP contribution in [0.4, 0.5) is 11.4 Å². The van der Waals surface area contributed by atoms with Crippen molar-refractivity contribution in [2.24, 2.45) is 5.92 Å². The average Bonchev–Trinajstić information content (AvgIpc) is 2.26. The highest BCUT2D eigenvalue weighted by atomic mass is 16.6. The molecule has 7 heteroatoms. The number of ether oxygens (including phenoxy) is 1. The largest absolute Gasteiger partial charge is 0.495 e. The molecule has 0 radical (unpaired) electrons. The van der Waals surface area contributed by atoms with Crippen LogP contribution in [0.15, 0.2) is 18.2 Å². The monoisotopic (exact) mass is 251 g/mol. The number of nitrogens with zero attached hydrogens (tertiary/aromatic N) is 1. The Morgan fingerprint density at radius 3 is 2.78 bits per heavy atom. The molecule has 96 valence electrons. The molecule has 1 aromatic carbocycles. The van der Waals surface area contributed by atoms with Gasteiger partial charge in [-0.2, -0.15) is 0 Å². The molecule has 18 heavy (non-hydrogen) atoms. The highest BCUT2D eigenvalue weighted by Gasteiger charge is 2.26. The highest BCUT2D eigenvalue weighted by Crippen LogP contribution is 2.29. The van der Waals surface area contributed by atoms with Gasteiger partial charge in [0.2, 0.25) is 5.91 Å². The number of nitrogens with one attached hydrogen (secondary N) is 2. The van der Waals surface area contributed by atoms with Crippen molar-refractivity contribution in [2.45, 2.75) is 0 Å². The summed E-state index contributed by atoms with van der Waals surface area (Å²) in [6.45, 7) is 1.26. The van der Waals surface area contributed by atoms with Crippen LogP contribution >= 0.6 is 0 Å². The molecule has 1 aromatic rings. The Morgan fingerprint density at radius 1 is 1.56 bits per heavy atom. The second kappa shape index (κ2) is 5.01. The fourth-order valence-corrected chi connectivity index (χ4v) is 1.62. The summed E-state index contributed by atoms with van der Waals surface area (Å²) in [4.78, 5) is 21.9. The number of carbonyl (C=O) groups excluding carboxylic acids is 1. The molecule has 2 rings (SSSR count). The lowest BCUT2D eigenvalue weighted by Crippen LogP contribution is -2.48. The predicted molar refractivity (Wildman–Crippen MR) is 64.6 cm³/mol. The standard InChI is InChI=1S/C11H13N3O4/c1-18-10-3-2-8(14(16)17)4-9(10)13-11(15)7-5-12-6-7/h2-4,7,12H,5-6H2,1H3,(H,13,15). The van der Waals surface area contributed by atoms with Gasteiger partial charge < -0.3 is 15.4 Å². The molecule has 1 aliphatic heterocycles. The molecule has 1 fully saturated rings. The molecule has 1 aliphatic rings. The third-order valence-corrected chi connectivity index (χ3v) is 2.80. The molecule has 0 bridgehead atoms. The van der Waals surface area contributed by atoms with Gasteiger partial charge in [0.05, 0.1) is 23.6 Å². The quantitative estimate of drug-likeness (QED) is 0.608. The molecular weight excluding hydrogens is 238 g/mol. The second-order valence-corrected chi connectivity index (χ2v) is 3.99. The number of amides is 1. The zero-order valence-electron chi connectivity index (χ0n) is 9.80. The summed E-state index contributed by atoms with van der Waals surface area (Å²) >= 11 is 0. The number of anilines is 1. The van der Waals surface area contributed by atoms with Gasteiger partial charge >= 0.3 is 0 Å². The summed E-state index contributed by atoms with van der Waals surface area (Å²) in [5.74, 6) is 0.155. The van der Waals surface area contributed by atoms with Crippen molar-refractivity contribution in [2.75, 3.05) is 25.5 Å². The van der Waals surface area contributed by atoms with E-state index >= 15 is 0 Å². The number of nitro benzene ring substituents is 1. The van der Waals surface area contributed by atoms with Crippen LogP contribution < -0.4 is 15.4 Å². The van der Waals surface area contributed by atoms with Gasteiger partial charge in [-0.1, -0.05) is 0 Å². The Bertz CT molecular complexity index is 485. The van der Waals surface area contributed by atoms with E-state index in [-0.39, 0.29) is 17.5 Å². The molecule has 2 N–H and O–H groups in total. The van der Waals surface area contributed by atoms with Gasteiger partial charge in [0.1, 0.15) is 5.75 Å². The number of hydrogen-bond acceptors (Lipinski definition) is 5. The highest BCUT2D eigenvalue weighted by molar-refractivity contribution is 5.95. The summed E-state index contributed by atoms with van der Waals surface area (Å²) in [5, 5.41) is 16.3. The lowest BCUT2D eigenvalue weighted by atomic mass is 10.0. The number of benzene rings is 1. The first kappa shape index (κ1) is 12.3. The van der Waals surface area contributed by atoms with E-state index in [2.05, 4.69) is 10.6 Å². The molecular formula is C11H13N3O4. The van der Waals surface area contributed by atoms with E-state index in [9.17, 15) is 14.9 Å². The van der Waals surface area contributed by atoms with Crippen molar-refractivity contribution in [1.29, 1.82) is 0 Å². The van der Waals surface area contributed by atoms with Crippen LogP contribution in [0.25, 0.3) is 0 Å². The SMILES string of the molecule is COc1ccc([N+](=O)[O-])cc1NC(=O)C1CNC1. The zero-order chi connectivity index (χ0) is 13.1. The molecule has 1 saturated heterocycles. The van der Waals surface area contributed by atoms with E-state index < -0.39 is 4.92 Å². The Labute approximate surface area is 103 Å². The van der Waals surface area contributed by atoms with Gasteiger partial charge in [0, 0.05) is 25.2 Å². The first-order chi connectivity index (χ1) is 8.61. The second-order valence-electron chi connectivity index (χ2n) is 3.99. The number of nitro groups is 1. The minimum atomic E-state index is -0.514. The average molecular weight is 251 g/mol. The molecule has 0 spiro atoms. The molecule has 1 heterocycles. The molecule has 0 unspecified atom stereocenters. The number of non-ortho nitro benzene ring substituents is 1. The van der Waals surface area contributed by atoms with Crippen LogP contribution in [0.2, 0.25) is 0 Å². The molecule has 0 aromatic heterocycles. The lowest BCUT2D eigenvalue weighted by molar-refractivity contribution is -0.384. The summed E-state index contributed by atoms with van der Waals surface area (Å²) in [5.41, 5.74) is 0.237. The summed E-state index contributed by atoms with van der Waals surface area (Å²) < 4.78 is 5.06. The van der Waals surface area contributed by atoms with E-state index in [0.29, 0.717) is 24.5 Å². The first-order valence-electron chi connectivity index (χ1n) is 5.46. The van der Waals surface area contributed by atoms with E-state index in [1.165, 1.54) is 25.3 Å². The minimum absolute atomic E-state index is 0.0853. The number of hydrogen-bond donors (Lipinski definition) is 2. The van der Waals surface area contributed by atoms with Crippen LogP contribution in [-0.4, -0.2) is 31.0 Å². The van der Waals surface area contributed by atoms with Gasteiger partial charge in [0.25, 0.3) is 5.69 Å². The molecule has 7 nitrogen and oxygen atoms in total. The van der Waals surface area contributed by atoms with E-state index in [1.807, 2.05) is 0 Å². The third kappa shape index (κ3) is 2.40. The van der Waals surface area contributed by atoms with Crippen molar-refractivity contribution < 1.29 is 14.5 Å². The zero-order valence-corrected chi connectivity index (χ0v) is 9.80. The number of methoxy groups -OCH3 is 1.